The number of carboxylic acids is 3. The first-order chi connectivity index (χ1) is 15.3. The third kappa shape index (κ3) is 11.1. The number of aliphatic carboxylic acids is 3. The van der Waals surface area contributed by atoms with Crippen LogP contribution in [0.3, 0.4) is 0 Å². The standard InChI is InChI=1S/C22H40N4O7/c1-5-17(21(32)33)26-12-10-24(15-19(28)29)8-6-23(14-18(27)22(2,3)4)7-9-25(11-13-26)16-20(30)31/h17H,5-16H2,1-4H3,(H,28,29)(H,30,31)(H,32,33). The molecule has 1 fully saturated rings. The summed E-state index contributed by atoms with van der Waals surface area (Å²) >= 11 is 0. The van der Waals surface area contributed by atoms with Crippen LogP contribution in [0.15, 0.2) is 0 Å². The van der Waals surface area contributed by atoms with Gasteiger partial charge in [0, 0.05) is 57.8 Å². The molecule has 0 saturated carbocycles. The van der Waals surface area contributed by atoms with Crippen molar-refractivity contribution >= 4 is 23.7 Å². The molecule has 190 valence electrons. The smallest absolute Gasteiger partial charge is 0.320 e. The Bertz CT molecular complexity index is 648. The van der Waals surface area contributed by atoms with Gasteiger partial charge >= 0.3 is 17.9 Å². The van der Waals surface area contributed by atoms with E-state index in [2.05, 4.69) is 0 Å². The molecule has 0 radical (unpaired) electrons. The van der Waals surface area contributed by atoms with Crippen LogP contribution in [0.4, 0.5) is 0 Å². The van der Waals surface area contributed by atoms with Gasteiger partial charge in [-0.1, -0.05) is 27.7 Å². The van der Waals surface area contributed by atoms with E-state index >= 15 is 0 Å². The first kappa shape index (κ1) is 29.0. The molecule has 11 heteroatoms. The molecule has 0 aromatic rings. The maximum absolute atomic E-state index is 12.6. The topological polar surface area (TPSA) is 142 Å². The van der Waals surface area contributed by atoms with E-state index in [4.69, 9.17) is 0 Å². The Hall–Kier alpha value is -2.08. The summed E-state index contributed by atoms with van der Waals surface area (Å²) in [7, 11) is 0. The lowest BCUT2D eigenvalue weighted by Gasteiger charge is -2.35. The van der Waals surface area contributed by atoms with Crippen molar-refractivity contribution < 1.29 is 34.5 Å². The van der Waals surface area contributed by atoms with Gasteiger partial charge in [0.15, 0.2) is 5.78 Å². The lowest BCUT2D eigenvalue weighted by atomic mass is 9.90. The highest BCUT2D eigenvalue weighted by atomic mass is 16.4. The molecular formula is C22H40N4O7. The van der Waals surface area contributed by atoms with Crippen molar-refractivity contribution in [2.45, 2.75) is 40.2 Å². The highest BCUT2D eigenvalue weighted by Crippen LogP contribution is 2.15. The zero-order chi connectivity index (χ0) is 25.2. The Morgan fingerprint density at radius 3 is 1.36 bits per heavy atom. The predicted molar refractivity (Wildman–Crippen MR) is 122 cm³/mol. The van der Waals surface area contributed by atoms with E-state index in [0.717, 1.165) is 0 Å². The number of carbonyl (C=O) groups excluding carboxylic acids is 1. The van der Waals surface area contributed by atoms with Gasteiger partial charge in [0.2, 0.25) is 0 Å². The summed E-state index contributed by atoms with van der Waals surface area (Å²) in [6, 6.07) is -0.729. The molecule has 0 aromatic heterocycles. The van der Waals surface area contributed by atoms with Crippen LogP contribution in [0.25, 0.3) is 0 Å². The summed E-state index contributed by atoms with van der Waals surface area (Å²) < 4.78 is 0. The van der Waals surface area contributed by atoms with Crippen molar-refractivity contribution in [2.75, 3.05) is 72.0 Å². The Kier molecular flexibility index (Phi) is 11.9. The quantitative estimate of drug-likeness (QED) is 0.412. The van der Waals surface area contributed by atoms with Crippen LogP contribution in [0.5, 0.6) is 0 Å². The van der Waals surface area contributed by atoms with Crippen molar-refractivity contribution in [1.82, 2.24) is 19.6 Å². The van der Waals surface area contributed by atoms with Crippen LogP contribution >= 0.6 is 0 Å². The molecule has 0 spiro atoms. The number of ketones is 1. The molecule has 0 amide bonds. The van der Waals surface area contributed by atoms with Gasteiger partial charge in [0.25, 0.3) is 0 Å². The average Bonchev–Trinajstić information content (AvgIpc) is 2.68. The largest absolute Gasteiger partial charge is 0.480 e. The second-order valence-electron chi connectivity index (χ2n) is 9.59. The van der Waals surface area contributed by atoms with E-state index in [-0.39, 0.29) is 25.4 Å². The normalized spacial score (nSPS) is 19.9. The van der Waals surface area contributed by atoms with E-state index < -0.39 is 29.4 Å². The highest BCUT2D eigenvalue weighted by Gasteiger charge is 2.28. The number of Topliss-reactive ketones (excluding diaryl/α,β-unsaturated/α-hetero) is 1. The molecule has 1 rings (SSSR count). The Balaban J connectivity index is 3.10. The molecule has 1 heterocycles. The zero-order valence-corrected chi connectivity index (χ0v) is 20.3. The maximum Gasteiger partial charge on any atom is 0.320 e. The van der Waals surface area contributed by atoms with Gasteiger partial charge in [-0.25, -0.2) is 0 Å². The summed E-state index contributed by atoms with van der Waals surface area (Å²) in [5, 5.41) is 28.3. The third-order valence-electron chi connectivity index (χ3n) is 5.91. The minimum Gasteiger partial charge on any atom is -0.480 e. The fourth-order valence-corrected chi connectivity index (χ4v) is 3.75. The molecule has 1 aliphatic heterocycles. The number of nitrogens with zero attached hydrogens (tertiary/aromatic N) is 4. The average molecular weight is 473 g/mol. The minimum absolute atomic E-state index is 0.0579. The number of hydrogen-bond acceptors (Lipinski definition) is 8. The van der Waals surface area contributed by atoms with Gasteiger partial charge in [0.05, 0.1) is 19.6 Å². The van der Waals surface area contributed by atoms with Gasteiger partial charge in [-0.2, -0.15) is 0 Å². The van der Waals surface area contributed by atoms with Crippen LogP contribution in [0.1, 0.15) is 34.1 Å². The van der Waals surface area contributed by atoms with Crippen LogP contribution in [0.2, 0.25) is 0 Å². The molecule has 33 heavy (non-hydrogen) atoms. The molecular weight excluding hydrogens is 432 g/mol. The van der Waals surface area contributed by atoms with Crippen molar-refractivity contribution in [3.05, 3.63) is 0 Å². The van der Waals surface area contributed by atoms with Gasteiger partial charge in [-0.15, -0.1) is 0 Å². The second kappa shape index (κ2) is 13.6. The van der Waals surface area contributed by atoms with Crippen molar-refractivity contribution in [2.24, 2.45) is 5.41 Å². The van der Waals surface area contributed by atoms with Gasteiger partial charge in [-0.3, -0.25) is 38.8 Å². The minimum atomic E-state index is -0.969. The predicted octanol–water partition coefficient (Wildman–Crippen LogP) is -0.144. The first-order valence-electron chi connectivity index (χ1n) is 11.4. The second-order valence-corrected chi connectivity index (χ2v) is 9.59. The van der Waals surface area contributed by atoms with Gasteiger partial charge in [0.1, 0.15) is 6.04 Å². The Morgan fingerprint density at radius 2 is 1.06 bits per heavy atom. The fraction of sp³-hybridized carbons (Fsp3) is 0.818. The van der Waals surface area contributed by atoms with Gasteiger partial charge < -0.3 is 15.3 Å². The summed E-state index contributed by atoms with van der Waals surface area (Å²) in [4.78, 5) is 54.4. The fourth-order valence-electron chi connectivity index (χ4n) is 3.75. The molecule has 0 aromatic carbocycles. The van der Waals surface area contributed by atoms with Crippen LogP contribution in [-0.4, -0.2) is 137 Å². The molecule has 3 N–H and O–H groups in total. The monoisotopic (exact) mass is 472 g/mol. The number of carboxylic acid groups (broad SMARTS) is 3. The van der Waals surface area contributed by atoms with Crippen molar-refractivity contribution in [1.29, 1.82) is 0 Å². The van der Waals surface area contributed by atoms with Crippen LogP contribution in [-0.2, 0) is 19.2 Å². The van der Waals surface area contributed by atoms with E-state index in [0.29, 0.717) is 58.8 Å². The first-order valence-corrected chi connectivity index (χ1v) is 11.4. The number of rotatable bonds is 9. The van der Waals surface area contributed by atoms with E-state index in [1.165, 1.54) is 0 Å². The lowest BCUT2D eigenvalue weighted by molar-refractivity contribution is -0.144. The molecule has 1 unspecified atom stereocenters. The summed E-state index contributed by atoms with van der Waals surface area (Å²) in [6.45, 7) is 10.3. The van der Waals surface area contributed by atoms with Crippen molar-refractivity contribution in [3.8, 4) is 0 Å². The Morgan fingerprint density at radius 1 is 0.697 bits per heavy atom. The zero-order valence-electron chi connectivity index (χ0n) is 20.3. The molecule has 0 aliphatic carbocycles. The van der Waals surface area contributed by atoms with Crippen LogP contribution < -0.4 is 0 Å². The number of hydrogen-bond donors (Lipinski definition) is 3. The van der Waals surface area contributed by atoms with E-state index in [1.54, 1.807) is 21.6 Å². The number of carbonyl (C=O) groups is 4. The SMILES string of the molecule is CCC(C(=O)O)N1CCN(CC(=O)O)CCN(CC(=O)C(C)(C)C)CCN(CC(=O)O)CC1. The molecule has 0 bridgehead atoms. The maximum atomic E-state index is 12.6. The summed E-state index contributed by atoms with van der Waals surface area (Å²) in [5.74, 6) is -2.83. The highest BCUT2D eigenvalue weighted by molar-refractivity contribution is 5.85. The third-order valence-corrected chi connectivity index (χ3v) is 5.91. The van der Waals surface area contributed by atoms with Crippen molar-refractivity contribution in [3.63, 3.8) is 0 Å². The van der Waals surface area contributed by atoms with Gasteiger partial charge in [-0.05, 0) is 6.42 Å². The summed E-state index contributed by atoms with van der Waals surface area (Å²) in [6.07, 6.45) is 0.385. The molecule has 1 aliphatic rings. The molecule has 11 nitrogen and oxygen atoms in total. The van der Waals surface area contributed by atoms with E-state index in [1.807, 2.05) is 25.7 Å². The Labute approximate surface area is 195 Å². The molecule has 1 saturated heterocycles. The summed E-state index contributed by atoms with van der Waals surface area (Å²) in [5.41, 5.74) is -0.516. The van der Waals surface area contributed by atoms with Crippen LogP contribution in [0, 0.1) is 5.41 Å². The lowest BCUT2D eigenvalue weighted by Crippen LogP contribution is -2.52. The van der Waals surface area contributed by atoms with E-state index in [9.17, 15) is 34.5 Å². The molecule has 1 atom stereocenters.